The lowest BCUT2D eigenvalue weighted by Gasteiger charge is -1.92. The van der Waals surface area contributed by atoms with Gasteiger partial charge in [-0.3, -0.25) is 14.9 Å². The molecule has 1 aromatic carbocycles. The van der Waals surface area contributed by atoms with E-state index in [4.69, 9.17) is 0 Å². The molecule has 0 aromatic heterocycles. The van der Waals surface area contributed by atoms with Gasteiger partial charge in [-0.25, -0.2) is 0 Å². The Morgan fingerprint density at radius 2 is 1.73 bits per heavy atom. The van der Waals surface area contributed by atoms with Gasteiger partial charge in [-0.2, -0.15) is 0 Å². The average molecular weight is 203 g/mol. The molecule has 0 aliphatic rings. The van der Waals surface area contributed by atoms with Crippen LogP contribution in [0.4, 0.5) is 5.69 Å². The quantitative estimate of drug-likeness (QED) is 0.248. The Kier molecular flexibility index (Phi) is 3.97. The van der Waals surface area contributed by atoms with Crippen molar-refractivity contribution in [3.05, 3.63) is 58.2 Å². The smallest absolute Gasteiger partial charge is 0.269 e. The minimum absolute atomic E-state index is 0.0654. The van der Waals surface area contributed by atoms with Crippen LogP contribution in [-0.4, -0.2) is 11.2 Å². The summed E-state index contributed by atoms with van der Waals surface area (Å²) in [6.45, 7) is 0. The van der Waals surface area contributed by atoms with Crippen molar-refractivity contribution in [3.8, 4) is 0 Å². The maximum absolute atomic E-state index is 10.3. The van der Waals surface area contributed by atoms with Gasteiger partial charge in [0.2, 0.25) is 0 Å². The fourth-order valence-electron chi connectivity index (χ4n) is 0.983. The van der Waals surface area contributed by atoms with Crippen molar-refractivity contribution < 1.29 is 9.72 Å². The summed E-state index contributed by atoms with van der Waals surface area (Å²) in [5.41, 5.74) is 0.909. The molecule has 0 spiro atoms. The molecule has 4 nitrogen and oxygen atoms in total. The molecular formula is C11H9NO3. The minimum Gasteiger partial charge on any atom is -0.299 e. The summed E-state index contributed by atoms with van der Waals surface area (Å²) in [7, 11) is 0. The number of allylic oxidation sites excluding steroid dienone is 3. The molecule has 0 radical (unpaired) electrons. The zero-order valence-corrected chi connectivity index (χ0v) is 7.87. The van der Waals surface area contributed by atoms with E-state index in [1.807, 2.05) is 0 Å². The van der Waals surface area contributed by atoms with E-state index in [2.05, 4.69) is 0 Å². The first-order valence-electron chi connectivity index (χ1n) is 4.27. The minimum atomic E-state index is -0.445. The van der Waals surface area contributed by atoms with Crippen LogP contribution < -0.4 is 0 Å². The van der Waals surface area contributed by atoms with Crippen molar-refractivity contribution in [1.82, 2.24) is 0 Å². The van der Waals surface area contributed by atoms with Gasteiger partial charge in [-0.15, -0.1) is 0 Å². The van der Waals surface area contributed by atoms with Crippen molar-refractivity contribution in [2.24, 2.45) is 0 Å². The fourth-order valence-corrected chi connectivity index (χ4v) is 0.983. The van der Waals surface area contributed by atoms with E-state index in [-0.39, 0.29) is 5.69 Å². The summed E-state index contributed by atoms with van der Waals surface area (Å²) in [4.78, 5) is 19.8. The molecule has 1 rings (SSSR count). The molecule has 1 aromatic rings. The number of carbonyl (C=O) groups excluding carboxylic acids is 1. The highest BCUT2D eigenvalue weighted by Crippen LogP contribution is 2.12. The number of nitro benzene ring substituents is 1. The molecule has 4 heteroatoms. The Bertz CT molecular complexity index is 404. The van der Waals surface area contributed by atoms with Crippen LogP contribution in [0, 0.1) is 10.1 Å². The SMILES string of the molecule is O=C/C=C\C=C/c1ccc([N+](=O)[O-])cc1. The molecule has 0 amide bonds. The van der Waals surface area contributed by atoms with Gasteiger partial charge in [-0.1, -0.05) is 18.2 Å². The van der Waals surface area contributed by atoms with Gasteiger partial charge in [0.15, 0.2) is 0 Å². The Hall–Kier alpha value is -2.23. The summed E-state index contributed by atoms with van der Waals surface area (Å²) >= 11 is 0. The third-order valence-corrected chi connectivity index (χ3v) is 1.69. The largest absolute Gasteiger partial charge is 0.299 e. The first-order valence-corrected chi connectivity index (χ1v) is 4.27. The molecule has 15 heavy (non-hydrogen) atoms. The summed E-state index contributed by atoms with van der Waals surface area (Å²) in [6, 6.07) is 6.15. The molecule has 0 heterocycles. The maximum atomic E-state index is 10.3. The van der Waals surface area contributed by atoms with E-state index < -0.39 is 4.92 Å². The van der Waals surface area contributed by atoms with E-state index in [0.717, 1.165) is 5.56 Å². The lowest BCUT2D eigenvalue weighted by atomic mass is 10.2. The number of aldehydes is 1. The summed E-state index contributed by atoms with van der Waals surface area (Å²) in [5, 5.41) is 10.3. The number of hydrogen-bond donors (Lipinski definition) is 0. The molecule has 0 atom stereocenters. The lowest BCUT2D eigenvalue weighted by Crippen LogP contribution is -1.86. The summed E-state index contributed by atoms with van der Waals surface area (Å²) < 4.78 is 0. The van der Waals surface area contributed by atoms with Gasteiger partial charge >= 0.3 is 0 Å². The zero-order valence-electron chi connectivity index (χ0n) is 7.87. The Balaban J connectivity index is 2.72. The van der Waals surface area contributed by atoms with E-state index >= 15 is 0 Å². The van der Waals surface area contributed by atoms with Crippen molar-refractivity contribution >= 4 is 18.0 Å². The number of nitro groups is 1. The molecule has 0 unspecified atom stereocenters. The highest BCUT2D eigenvalue weighted by atomic mass is 16.6. The molecule has 0 aliphatic carbocycles. The maximum Gasteiger partial charge on any atom is 0.269 e. The molecular weight excluding hydrogens is 194 g/mol. The topological polar surface area (TPSA) is 60.2 Å². The predicted octanol–water partition coefficient (Wildman–Crippen LogP) is 2.36. The number of benzene rings is 1. The van der Waals surface area contributed by atoms with E-state index in [0.29, 0.717) is 6.29 Å². The zero-order chi connectivity index (χ0) is 11.1. The second-order valence-electron chi connectivity index (χ2n) is 2.73. The highest BCUT2D eigenvalue weighted by Gasteiger charge is 2.01. The van der Waals surface area contributed by atoms with Gasteiger partial charge in [0, 0.05) is 12.1 Å². The summed E-state index contributed by atoms with van der Waals surface area (Å²) in [6.07, 6.45) is 7.08. The van der Waals surface area contributed by atoms with Crippen LogP contribution in [-0.2, 0) is 4.79 Å². The van der Waals surface area contributed by atoms with Crippen LogP contribution >= 0.6 is 0 Å². The monoisotopic (exact) mass is 203 g/mol. The lowest BCUT2D eigenvalue weighted by molar-refractivity contribution is -0.384. The van der Waals surface area contributed by atoms with Gasteiger partial charge < -0.3 is 0 Å². The fraction of sp³-hybridized carbons (Fsp3) is 0. The van der Waals surface area contributed by atoms with E-state index in [1.165, 1.54) is 18.2 Å². The van der Waals surface area contributed by atoms with Crippen molar-refractivity contribution in [2.75, 3.05) is 0 Å². The van der Waals surface area contributed by atoms with Crippen LogP contribution in [0.2, 0.25) is 0 Å². The number of rotatable bonds is 4. The highest BCUT2D eigenvalue weighted by molar-refractivity contribution is 5.66. The molecule has 76 valence electrons. The third-order valence-electron chi connectivity index (χ3n) is 1.69. The van der Waals surface area contributed by atoms with Crippen LogP contribution in [0.25, 0.3) is 6.08 Å². The normalized spacial score (nSPS) is 10.9. The van der Waals surface area contributed by atoms with Crippen LogP contribution in [0.15, 0.2) is 42.5 Å². The molecule has 0 fully saturated rings. The van der Waals surface area contributed by atoms with Gasteiger partial charge in [-0.05, 0) is 23.8 Å². The predicted molar refractivity (Wildman–Crippen MR) is 57.3 cm³/mol. The average Bonchev–Trinajstić information content (AvgIpc) is 2.25. The molecule has 0 saturated heterocycles. The second kappa shape index (κ2) is 5.49. The standard InChI is InChI=1S/C11H9NO3/c13-9-3-1-2-4-10-5-7-11(8-6-10)12(14)15/h1-9H/b3-1-,4-2-. The number of nitrogens with zero attached hydrogens (tertiary/aromatic N) is 1. The Morgan fingerprint density at radius 1 is 1.07 bits per heavy atom. The van der Waals surface area contributed by atoms with Gasteiger partial charge in [0.25, 0.3) is 5.69 Å². The van der Waals surface area contributed by atoms with Crippen LogP contribution in [0.1, 0.15) is 5.56 Å². The third kappa shape index (κ3) is 3.56. The van der Waals surface area contributed by atoms with E-state index in [1.54, 1.807) is 30.4 Å². The molecule has 0 N–H and O–H groups in total. The Morgan fingerprint density at radius 3 is 2.27 bits per heavy atom. The van der Waals surface area contributed by atoms with Crippen LogP contribution in [0.5, 0.6) is 0 Å². The Labute approximate surface area is 86.7 Å². The van der Waals surface area contributed by atoms with Gasteiger partial charge in [0.1, 0.15) is 6.29 Å². The number of non-ortho nitro benzene ring substituents is 1. The van der Waals surface area contributed by atoms with Gasteiger partial charge in [0.05, 0.1) is 4.92 Å². The van der Waals surface area contributed by atoms with Crippen molar-refractivity contribution in [2.45, 2.75) is 0 Å². The van der Waals surface area contributed by atoms with Crippen LogP contribution in [0.3, 0.4) is 0 Å². The van der Waals surface area contributed by atoms with E-state index in [9.17, 15) is 14.9 Å². The number of hydrogen-bond acceptors (Lipinski definition) is 3. The number of carbonyl (C=O) groups is 1. The second-order valence-corrected chi connectivity index (χ2v) is 2.73. The van der Waals surface area contributed by atoms with Crippen molar-refractivity contribution in [3.63, 3.8) is 0 Å². The molecule has 0 bridgehead atoms. The molecule has 0 aliphatic heterocycles. The first kappa shape index (κ1) is 10.8. The summed E-state index contributed by atoms with van der Waals surface area (Å²) in [5.74, 6) is 0. The molecule has 0 saturated carbocycles. The first-order chi connectivity index (χ1) is 7.24. The van der Waals surface area contributed by atoms with Crippen molar-refractivity contribution in [1.29, 1.82) is 0 Å².